The van der Waals surface area contributed by atoms with E-state index in [1.54, 1.807) is 0 Å². The van der Waals surface area contributed by atoms with Crippen LogP contribution in [0.1, 0.15) is 291 Å². The summed E-state index contributed by atoms with van der Waals surface area (Å²) in [4.78, 5) is 43.5. The van der Waals surface area contributed by atoms with E-state index in [4.69, 9.17) is 9.47 Å². The monoisotopic (exact) mass is 935 g/mol. The molecule has 0 aliphatic heterocycles. The second-order valence-electron chi connectivity index (χ2n) is 20.3. The fourth-order valence-electron chi connectivity index (χ4n) is 9.38. The lowest BCUT2D eigenvalue weighted by atomic mass is 9.95. The Labute approximate surface area is 411 Å². The molecule has 0 aliphatic rings. The largest absolute Gasteiger partial charge is 0.465 e. The van der Waals surface area contributed by atoms with Crippen LogP contribution in [0.15, 0.2) is 0 Å². The lowest BCUT2D eigenvalue weighted by molar-refractivity contribution is -0.146. The molecule has 392 valence electrons. The van der Waals surface area contributed by atoms with Gasteiger partial charge in [0.15, 0.2) is 0 Å². The molecule has 1 amide bonds. The van der Waals surface area contributed by atoms with Gasteiger partial charge in [0.25, 0.3) is 0 Å². The molecule has 2 atom stereocenters. The zero-order valence-corrected chi connectivity index (χ0v) is 45.0. The number of ether oxygens (including phenoxy) is 2. The molecule has 0 radical (unpaired) electrons. The highest BCUT2D eigenvalue weighted by Gasteiger charge is 2.16. The molecule has 0 bridgehead atoms. The summed E-state index contributed by atoms with van der Waals surface area (Å²) in [5.74, 6) is 1.14. The van der Waals surface area contributed by atoms with Gasteiger partial charge in [-0.2, -0.15) is 0 Å². The van der Waals surface area contributed by atoms with E-state index >= 15 is 0 Å². The Morgan fingerprint density at radius 2 is 0.682 bits per heavy atom. The minimum Gasteiger partial charge on any atom is -0.465 e. The van der Waals surface area contributed by atoms with Gasteiger partial charge in [-0.25, -0.2) is 0 Å². The number of aliphatic hydroxyl groups is 1. The highest BCUT2D eigenvalue weighted by atomic mass is 16.5. The SMILES string of the molecule is CCCCCCCCC(CCCCCC)COC(=O)CCCCCN(CCCCCC(=O)OCC(CCCCCC)CCCCCCCC)CCCN(CCCO)C(=O)CCCCCCC. The van der Waals surface area contributed by atoms with Crippen LogP contribution in [-0.4, -0.2) is 85.3 Å². The third-order valence-electron chi connectivity index (χ3n) is 13.9. The van der Waals surface area contributed by atoms with Gasteiger partial charge in [0.05, 0.1) is 13.2 Å². The number of carbonyl (C=O) groups is 3. The summed E-state index contributed by atoms with van der Waals surface area (Å²) in [5, 5.41) is 9.56. The summed E-state index contributed by atoms with van der Waals surface area (Å²) < 4.78 is 11.8. The predicted molar refractivity (Wildman–Crippen MR) is 282 cm³/mol. The van der Waals surface area contributed by atoms with Crippen LogP contribution in [0.4, 0.5) is 0 Å². The van der Waals surface area contributed by atoms with Crippen molar-refractivity contribution in [3.05, 3.63) is 0 Å². The molecule has 0 aromatic carbocycles. The molecule has 1 N–H and O–H groups in total. The third-order valence-corrected chi connectivity index (χ3v) is 13.9. The lowest BCUT2D eigenvalue weighted by Crippen LogP contribution is -2.36. The number of hydrogen-bond donors (Lipinski definition) is 1. The number of esters is 2. The highest BCUT2D eigenvalue weighted by Crippen LogP contribution is 2.22. The van der Waals surface area contributed by atoms with E-state index in [-0.39, 0.29) is 24.5 Å². The molecule has 66 heavy (non-hydrogen) atoms. The summed E-state index contributed by atoms with van der Waals surface area (Å²) in [7, 11) is 0. The number of nitrogens with zero attached hydrogens (tertiary/aromatic N) is 2. The molecule has 0 rings (SSSR count). The molecular formula is C58H114N2O6. The highest BCUT2D eigenvalue weighted by molar-refractivity contribution is 5.76. The van der Waals surface area contributed by atoms with Crippen LogP contribution in [0.3, 0.4) is 0 Å². The van der Waals surface area contributed by atoms with Crippen molar-refractivity contribution in [3.8, 4) is 0 Å². The van der Waals surface area contributed by atoms with Crippen molar-refractivity contribution in [3.63, 3.8) is 0 Å². The summed E-state index contributed by atoms with van der Waals surface area (Å²) in [6, 6.07) is 0. The first-order valence-corrected chi connectivity index (χ1v) is 29.3. The van der Waals surface area contributed by atoms with Gasteiger partial charge in [-0.05, 0) is 102 Å². The molecule has 8 nitrogen and oxygen atoms in total. The van der Waals surface area contributed by atoms with E-state index in [9.17, 15) is 19.5 Å². The molecule has 8 heteroatoms. The number of amides is 1. The van der Waals surface area contributed by atoms with Gasteiger partial charge in [-0.1, -0.05) is 202 Å². The van der Waals surface area contributed by atoms with Crippen LogP contribution < -0.4 is 0 Å². The van der Waals surface area contributed by atoms with Crippen LogP contribution in [0.5, 0.6) is 0 Å². The Kier molecular flexibility index (Phi) is 49.9. The molecule has 0 aromatic heterocycles. The minimum absolute atomic E-state index is 0.0369. The molecule has 0 fully saturated rings. The number of carbonyl (C=O) groups excluding carboxylic acids is 3. The molecule has 0 aromatic rings. The number of aliphatic hydroxyl groups excluding tert-OH is 1. The van der Waals surface area contributed by atoms with E-state index in [1.807, 2.05) is 4.90 Å². The number of hydrogen-bond acceptors (Lipinski definition) is 7. The van der Waals surface area contributed by atoms with Gasteiger partial charge in [0.1, 0.15) is 0 Å². The molecule has 2 unspecified atom stereocenters. The maximum absolute atomic E-state index is 13.2. The van der Waals surface area contributed by atoms with Crippen LogP contribution in [0.2, 0.25) is 0 Å². The first-order chi connectivity index (χ1) is 32.3. The number of unbranched alkanes of at least 4 members (excludes halogenated alkanes) is 24. The van der Waals surface area contributed by atoms with Gasteiger partial charge in [-0.15, -0.1) is 0 Å². The van der Waals surface area contributed by atoms with Gasteiger partial charge in [-0.3, -0.25) is 14.4 Å². The summed E-state index contributed by atoms with van der Waals surface area (Å²) >= 11 is 0. The topological polar surface area (TPSA) is 96.4 Å². The predicted octanol–water partition coefficient (Wildman–Crippen LogP) is 16.1. The fraction of sp³-hybridized carbons (Fsp3) is 0.948. The normalized spacial score (nSPS) is 12.5. The fourth-order valence-corrected chi connectivity index (χ4v) is 9.38. The minimum atomic E-state index is -0.0369. The summed E-state index contributed by atoms with van der Waals surface area (Å²) in [6.07, 6.45) is 45.0. The smallest absolute Gasteiger partial charge is 0.305 e. The molecule has 0 heterocycles. The van der Waals surface area contributed by atoms with Crippen molar-refractivity contribution in [1.29, 1.82) is 0 Å². The van der Waals surface area contributed by atoms with Crippen LogP contribution in [0.25, 0.3) is 0 Å². The van der Waals surface area contributed by atoms with Crippen molar-refractivity contribution < 1.29 is 29.0 Å². The standard InChI is InChI=1S/C58H114N2O6/c1-6-11-16-21-24-30-41-54(39-28-19-14-9-4)52-65-57(63)44-33-26-35-46-59(48-37-49-60(50-38-51-61)56(62)43-32-23-18-13-8-3)47-36-27-34-45-58(64)66-53-55(40-29-20-15-10-5)42-31-25-22-17-12-7-2/h54-55,61H,6-53H2,1-5H3. The summed E-state index contributed by atoms with van der Waals surface area (Å²) in [5.41, 5.74) is 0. The van der Waals surface area contributed by atoms with Crippen molar-refractivity contribution in [2.45, 2.75) is 291 Å². The molecule has 0 spiro atoms. The lowest BCUT2D eigenvalue weighted by Gasteiger charge is -2.26. The molecule has 0 saturated carbocycles. The maximum atomic E-state index is 13.2. The molecular weight excluding hydrogens is 821 g/mol. The first kappa shape index (κ1) is 64.3. The van der Waals surface area contributed by atoms with Gasteiger partial charge in [0.2, 0.25) is 5.91 Å². The van der Waals surface area contributed by atoms with Gasteiger partial charge in [0, 0.05) is 39.0 Å². The quantitative estimate of drug-likeness (QED) is 0.0479. The Balaban J connectivity index is 5.09. The first-order valence-electron chi connectivity index (χ1n) is 29.3. The van der Waals surface area contributed by atoms with Crippen molar-refractivity contribution in [2.24, 2.45) is 11.8 Å². The molecule has 0 saturated heterocycles. The zero-order valence-electron chi connectivity index (χ0n) is 45.0. The Hall–Kier alpha value is -1.67. The second-order valence-corrected chi connectivity index (χ2v) is 20.3. The van der Waals surface area contributed by atoms with E-state index in [1.165, 1.54) is 173 Å². The van der Waals surface area contributed by atoms with Crippen molar-refractivity contribution in [1.82, 2.24) is 9.80 Å². The maximum Gasteiger partial charge on any atom is 0.305 e. The Bertz CT molecular complexity index is 983. The van der Waals surface area contributed by atoms with E-state index < -0.39 is 0 Å². The average molecular weight is 936 g/mol. The zero-order chi connectivity index (χ0) is 48.4. The van der Waals surface area contributed by atoms with Gasteiger partial charge >= 0.3 is 11.9 Å². The van der Waals surface area contributed by atoms with Gasteiger partial charge < -0.3 is 24.4 Å². The Morgan fingerprint density at radius 1 is 0.364 bits per heavy atom. The third kappa shape index (κ3) is 43.6. The molecule has 0 aliphatic carbocycles. The van der Waals surface area contributed by atoms with Crippen LogP contribution in [-0.2, 0) is 23.9 Å². The summed E-state index contributed by atoms with van der Waals surface area (Å²) in [6.45, 7) is 16.7. The van der Waals surface area contributed by atoms with E-state index in [0.717, 1.165) is 84.0 Å². The number of rotatable bonds is 53. The van der Waals surface area contributed by atoms with Crippen LogP contribution >= 0.6 is 0 Å². The van der Waals surface area contributed by atoms with E-state index in [2.05, 4.69) is 39.5 Å². The second kappa shape index (κ2) is 51.2. The van der Waals surface area contributed by atoms with Crippen LogP contribution in [0, 0.1) is 11.8 Å². The van der Waals surface area contributed by atoms with Crippen molar-refractivity contribution >= 4 is 17.8 Å². The van der Waals surface area contributed by atoms with E-state index in [0.29, 0.717) is 57.3 Å². The average Bonchev–Trinajstić information content (AvgIpc) is 3.32. The Morgan fingerprint density at radius 3 is 1.09 bits per heavy atom. The van der Waals surface area contributed by atoms with Crippen molar-refractivity contribution in [2.75, 3.05) is 52.5 Å².